The van der Waals surface area contributed by atoms with Crippen molar-refractivity contribution < 1.29 is 9.90 Å². The first-order chi connectivity index (χ1) is 8.74. The first kappa shape index (κ1) is 11.2. The fourth-order valence-electron chi connectivity index (χ4n) is 2.35. The topological polar surface area (TPSA) is 58.4 Å². The van der Waals surface area contributed by atoms with Crippen LogP contribution in [0.5, 0.6) is 0 Å². The lowest BCUT2D eigenvalue weighted by molar-refractivity contribution is -0.131. The van der Waals surface area contributed by atoms with Gasteiger partial charge >= 0.3 is 0 Å². The summed E-state index contributed by atoms with van der Waals surface area (Å²) in [7, 11) is 0. The van der Waals surface area contributed by atoms with Gasteiger partial charge in [0.1, 0.15) is 6.54 Å². The van der Waals surface area contributed by atoms with Crippen molar-refractivity contribution in [3.63, 3.8) is 0 Å². The minimum Gasteiger partial charge on any atom is -0.391 e. The Kier molecular flexibility index (Phi) is 2.76. The largest absolute Gasteiger partial charge is 0.391 e. The van der Waals surface area contributed by atoms with Crippen molar-refractivity contribution in [3.05, 3.63) is 30.5 Å². The summed E-state index contributed by atoms with van der Waals surface area (Å²) in [5.41, 5.74) is 0.964. The number of hydrogen-bond acceptors (Lipinski definition) is 3. The second kappa shape index (κ2) is 4.42. The smallest absolute Gasteiger partial charge is 0.244 e. The molecule has 0 spiro atoms. The summed E-state index contributed by atoms with van der Waals surface area (Å²) < 4.78 is 1.71. The van der Waals surface area contributed by atoms with Crippen molar-refractivity contribution >= 4 is 16.8 Å². The van der Waals surface area contributed by atoms with E-state index in [0.29, 0.717) is 19.5 Å². The molecule has 1 aliphatic heterocycles. The molecule has 2 aromatic rings. The average molecular weight is 245 g/mol. The van der Waals surface area contributed by atoms with Crippen molar-refractivity contribution in [2.45, 2.75) is 19.1 Å². The van der Waals surface area contributed by atoms with Gasteiger partial charge in [-0.1, -0.05) is 18.2 Å². The van der Waals surface area contributed by atoms with E-state index < -0.39 is 0 Å². The number of β-amino-alcohol motifs (C(OH)–C–C–N with tert-alkyl or cyclic N) is 1. The molecule has 5 heteroatoms. The minimum atomic E-state index is -0.372. The number of benzene rings is 1. The molecule has 3 rings (SSSR count). The molecule has 1 saturated heterocycles. The van der Waals surface area contributed by atoms with Gasteiger partial charge in [0.2, 0.25) is 5.91 Å². The maximum absolute atomic E-state index is 12.1. The molecule has 0 bridgehead atoms. The molecule has 0 unspecified atom stereocenters. The summed E-state index contributed by atoms with van der Waals surface area (Å²) in [6, 6.07) is 7.81. The van der Waals surface area contributed by atoms with E-state index in [9.17, 15) is 9.90 Å². The van der Waals surface area contributed by atoms with Gasteiger partial charge in [-0.05, 0) is 12.5 Å². The zero-order valence-corrected chi connectivity index (χ0v) is 9.99. The SMILES string of the molecule is O=C(Cn1ncc2ccccc21)N1CC[C@@H](O)C1. The maximum atomic E-state index is 12.1. The molecule has 1 amide bonds. The summed E-state index contributed by atoms with van der Waals surface area (Å²) in [5.74, 6) is 0.0143. The number of fused-ring (bicyclic) bond motifs is 1. The van der Waals surface area contributed by atoms with Gasteiger partial charge in [0, 0.05) is 18.5 Å². The van der Waals surface area contributed by atoms with Gasteiger partial charge in [0.15, 0.2) is 0 Å². The maximum Gasteiger partial charge on any atom is 0.244 e. The molecular formula is C13H15N3O2. The third-order valence-corrected chi connectivity index (χ3v) is 3.35. The van der Waals surface area contributed by atoms with Gasteiger partial charge in [-0.15, -0.1) is 0 Å². The lowest BCUT2D eigenvalue weighted by Gasteiger charge is -2.15. The van der Waals surface area contributed by atoms with Crippen LogP contribution in [0.3, 0.4) is 0 Å². The molecule has 0 radical (unpaired) electrons. The number of rotatable bonds is 2. The number of nitrogens with zero attached hydrogens (tertiary/aromatic N) is 3. The Morgan fingerprint density at radius 2 is 2.28 bits per heavy atom. The Hall–Kier alpha value is -1.88. The van der Waals surface area contributed by atoms with E-state index in [4.69, 9.17) is 0 Å². The van der Waals surface area contributed by atoms with Crippen molar-refractivity contribution in [3.8, 4) is 0 Å². The zero-order chi connectivity index (χ0) is 12.5. The van der Waals surface area contributed by atoms with Crippen molar-refractivity contribution in [2.24, 2.45) is 0 Å². The van der Waals surface area contributed by atoms with Gasteiger partial charge in [-0.25, -0.2) is 0 Å². The number of aliphatic hydroxyl groups excluding tert-OH is 1. The average Bonchev–Trinajstić information content (AvgIpc) is 2.97. The summed E-state index contributed by atoms with van der Waals surface area (Å²) in [6.45, 7) is 1.32. The molecular weight excluding hydrogens is 230 g/mol. The van der Waals surface area contributed by atoms with Crippen LogP contribution in [0.1, 0.15) is 6.42 Å². The monoisotopic (exact) mass is 245 g/mol. The van der Waals surface area contributed by atoms with Gasteiger partial charge in [-0.2, -0.15) is 5.10 Å². The highest BCUT2D eigenvalue weighted by Gasteiger charge is 2.24. The number of likely N-dealkylation sites (tertiary alicyclic amines) is 1. The normalized spacial score (nSPS) is 19.6. The molecule has 1 fully saturated rings. The lowest BCUT2D eigenvalue weighted by atomic mass is 10.2. The second-order valence-corrected chi connectivity index (χ2v) is 4.64. The Labute approximate surface area is 105 Å². The Bertz CT molecular complexity index is 578. The van der Waals surface area contributed by atoms with Crippen LogP contribution in [-0.2, 0) is 11.3 Å². The Balaban J connectivity index is 1.78. The van der Waals surface area contributed by atoms with Crippen LogP contribution < -0.4 is 0 Å². The first-order valence-corrected chi connectivity index (χ1v) is 6.10. The summed E-state index contributed by atoms with van der Waals surface area (Å²) >= 11 is 0. The number of aliphatic hydroxyl groups is 1. The third-order valence-electron chi connectivity index (χ3n) is 3.35. The van der Waals surface area contributed by atoms with E-state index in [1.165, 1.54) is 0 Å². The fraction of sp³-hybridized carbons (Fsp3) is 0.385. The van der Waals surface area contributed by atoms with E-state index in [1.54, 1.807) is 15.8 Å². The molecule has 2 heterocycles. The molecule has 94 valence electrons. The van der Waals surface area contributed by atoms with Gasteiger partial charge < -0.3 is 10.0 Å². The lowest BCUT2D eigenvalue weighted by Crippen LogP contribution is -2.32. The number of carbonyl (C=O) groups is 1. The second-order valence-electron chi connectivity index (χ2n) is 4.64. The van der Waals surface area contributed by atoms with Gasteiger partial charge in [0.05, 0.1) is 17.8 Å². The number of amides is 1. The Morgan fingerprint density at radius 3 is 3.06 bits per heavy atom. The number of para-hydroxylation sites is 1. The highest BCUT2D eigenvalue weighted by Crippen LogP contribution is 2.14. The van der Waals surface area contributed by atoms with Crippen molar-refractivity contribution in [2.75, 3.05) is 13.1 Å². The summed E-state index contributed by atoms with van der Waals surface area (Å²) in [5, 5.41) is 14.7. The van der Waals surface area contributed by atoms with Crippen LogP contribution in [0, 0.1) is 0 Å². The Morgan fingerprint density at radius 1 is 1.44 bits per heavy atom. The van der Waals surface area contributed by atoms with E-state index in [1.807, 2.05) is 24.3 Å². The first-order valence-electron chi connectivity index (χ1n) is 6.10. The summed E-state index contributed by atoms with van der Waals surface area (Å²) in [4.78, 5) is 13.8. The molecule has 1 aromatic heterocycles. The van der Waals surface area contributed by atoms with Crippen LogP contribution in [-0.4, -0.2) is 44.9 Å². The van der Waals surface area contributed by atoms with E-state index in [2.05, 4.69) is 5.10 Å². The van der Waals surface area contributed by atoms with Gasteiger partial charge in [0.25, 0.3) is 0 Å². The minimum absolute atomic E-state index is 0.0143. The van der Waals surface area contributed by atoms with Crippen LogP contribution in [0.15, 0.2) is 30.5 Å². The zero-order valence-electron chi connectivity index (χ0n) is 9.99. The number of aromatic nitrogens is 2. The van der Waals surface area contributed by atoms with E-state index >= 15 is 0 Å². The van der Waals surface area contributed by atoms with Crippen LogP contribution in [0.4, 0.5) is 0 Å². The molecule has 0 saturated carbocycles. The number of hydrogen-bond donors (Lipinski definition) is 1. The van der Waals surface area contributed by atoms with E-state index in [0.717, 1.165) is 10.9 Å². The fourth-order valence-corrected chi connectivity index (χ4v) is 2.35. The van der Waals surface area contributed by atoms with E-state index in [-0.39, 0.29) is 18.6 Å². The standard InChI is InChI=1S/C13H15N3O2/c17-11-5-6-15(8-11)13(18)9-16-12-4-2-1-3-10(12)7-14-16/h1-4,7,11,17H,5-6,8-9H2/t11-/m1/s1. The highest BCUT2D eigenvalue weighted by atomic mass is 16.3. The highest BCUT2D eigenvalue weighted by molar-refractivity contribution is 5.82. The van der Waals surface area contributed by atoms with Gasteiger partial charge in [-0.3, -0.25) is 9.48 Å². The number of carbonyl (C=O) groups excluding carboxylic acids is 1. The summed E-state index contributed by atoms with van der Waals surface area (Å²) in [6.07, 6.45) is 2.07. The quantitative estimate of drug-likeness (QED) is 0.844. The molecule has 1 N–H and O–H groups in total. The predicted molar refractivity (Wildman–Crippen MR) is 66.9 cm³/mol. The molecule has 1 atom stereocenters. The van der Waals surface area contributed by atoms with Crippen LogP contribution in [0.2, 0.25) is 0 Å². The third kappa shape index (κ3) is 1.97. The predicted octanol–water partition coefficient (Wildman–Crippen LogP) is 0.629. The molecule has 0 aliphatic carbocycles. The van der Waals surface area contributed by atoms with Crippen LogP contribution >= 0.6 is 0 Å². The van der Waals surface area contributed by atoms with Crippen LogP contribution in [0.25, 0.3) is 10.9 Å². The van der Waals surface area contributed by atoms with Crippen molar-refractivity contribution in [1.29, 1.82) is 0 Å². The van der Waals surface area contributed by atoms with Crippen molar-refractivity contribution in [1.82, 2.24) is 14.7 Å². The molecule has 5 nitrogen and oxygen atoms in total. The molecule has 1 aliphatic rings. The molecule has 1 aromatic carbocycles. The molecule has 18 heavy (non-hydrogen) atoms.